The Morgan fingerprint density at radius 1 is 1.60 bits per heavy atom. The van der Waals surface area contributed by atoms with Crippen LogP contribution < -0.4 is 5.32 Å². The number of aromatic amines is 1. The summed E-state index contributed by atoms with van der Waals surface area (Å²) >= 11 is 0. The third-order valence-electron chi connectivity index (χ3n) is 3.35. The van der Waals surface area contributed by atoms with Crippen molar-refractivity contribution in [2.24, 2.45) is 5.92 Å². The highest BCUT2D eigenvalue weighted by molar-refractivity contribution is 5.14. The molecule has 0 saturated heterocycles. The summed E-state index contributed by atoms with van der Waals surface area (Å²) in [7, 11) is 0. The lowest BCUT2D eigenvalue weighted by Gasteiger charge is -2.11. The van der Waals surface area contributed by atoms with E-state index < -0.39 is 0 Å². The first-order chi connectivity index (χ1) is 7.27. The van der Waals surface area contributed by atoms with Crippen LogP contribution in [0.2, 0.25) is 0 Å². The van der Waals surface area contributed by atoms with Gasteiger partial charge in [0.25, 0.3) is 0 Å². The Morgan fingerprint density at radius 2 is 2.40 bits per heavy atom. The molecule has 2 rings (SSSR count). The van der Waals surface area contributed by atoms with Crippen LogP contribution in [-0.4, -0.2) is 22.8 Å². The van der Waals surface area contributed by atoms with Gasteiger partial charge in [-0.15, -0.1) is 0 Å². The SMILES string of the molecule is Cc1[nH]ncc1CCCNC(C)C1CC1. The van der Waals surface area contributed by atoms with Crippen LogP contribution in [0.15, 0.2) is 6.20 Å². The predicted molar refractivity (Wildman–Crippen MR) is 61.8 cm³/mol. The van der Waals surface area contributed by atoms with Gasteiger partial charge in [0, 0.05) is 11.7 Å². The molecule has 1 unspecified atom stereocenters. The van der Waals surface area contributed by atoms with Gasteiger partial charge in [0.05, 0.1) is 6.20 Å². The number of nitrogens with one attached hydrogen (secondary N) is 2. The summed E-state index contributed by atoms with van der Waals surface area (Å²) in [6.45, 7) is 5.52. The topological polar surface area (TPSA) is 40.7 Å². The van der Waals surface area contributed by atoms with Crippen molar-refractivity contribution >= 4 is 0 Å². The van der Waals surface area contributed by atoms with Crippen molar-refractivity contribution in [1.29, 1.82) is 0 Å². The van der Waals surface area contributed by atoms with Crippen LogP contribution in [0.5, 0.6) is 0 Å². The molecule has 0 aromatic carbocycles. The van der Waals surface area contributed by atoms with Gasteiger partial charge in [-0.3, -0.25) is 5.10 Å². The van der Waals surface area contributed by atoms with Crippen LogP contribution in [0.4, 0.5) is 0 Å². The molecule has 15 heavy (non-hydrogen) atoms. The molecule has 1 aliphatic carbocycles. The average molecular weight is 207 g/mol. The summed E-state index contributed by atoms with van der Waals surface area (Å²) in [5.41, 5.74) is 2.57. The number of hydrogen-bond acceptors (Lipinski definition) is 2. The van der Waals surface area contributed by atoms with E-state index in [4.69, 9.17) is 0 Å². The fourth-order valence-corrected chi connectivity index (χ4v) is 2.00. The fourth-order valence-electron chi connectivity index (χ4n) is 2.00. The summed E-state index contributed by atoms with van der Waals surface area (Å²) in [5.74, 6) is 0.959. The number of rotatable bonds is 6. The van der Waals surface area contributed by atoms with Crippen molar-refractivity contribution in [3.63, 3.8) is 0 Å². The zero-order valence-electron chi connectivity index (χ0n) is 9.71. The lowest BCUT2D eigenvalue weighted by atomic mass is 10.1. The van der Waals surface area contributed by atoms with Gasteiger partial charge in [-0.2, -0.15) is 5.10 Å². The van der Waals surface area contributed by atoms with Crippen LogP contribution in [0, 0.1) is 12.8 Å². The predicted octanol–water partition coefficient (Wildman–Crippen LogP) is 2.04. The summed E-state index contributed by atoms with van der Waals surface area (Å²) in [5, 5.41) is 10.6. The lowest BCUT2D eigenvalue weighted by molar-refractivity contribution is 0.490. The highest BCUT2D eigenvalue weighted by Crippen LogP contribution is 2.32. The van der Waals surface area contributed by atoms with E-state index >= 15 is 0 Å². The van der Waals surface area contributed by atoms with Gasteiger partial charge in [0.2, 0.25) is 0 Å². The van der Waals surface area contributed by atoms with E-state index in [9.17, 15) is 0 Å². The Morgan fingerprint density at radius 3 is 3.00 bits per heavy atom. The van der Waals surface area contributed by atoms with Crippen LogP contribution in [-0.2, 0) is 6.42 Å². The summed E-state index contributed by atoms with van der Waals surface area (Å²) in [4.78, 5) is 0. The smallest absolute Gasteiger partial charge is 0.0522 e. The quantitative estimate of drug-likeness (QED) is 0.701. The third-order valence-corrected chi connectivity index (χ3v) is 3.35. The first-order valence-corrected chi connectivity index (χ1v) is 5.99. The first-order valence-electron chi connectivity index (χ1n) is 5.99. The largest absolute Gasteiger partial charge is 0.314 e. The molecule has 0 spiro atoms. The Kier molecular flexibility index (Phi) is 3.41. The standard InChI is InChI=1S/C12H21N3/c1-9(11-5-6-11)13-7-3-4-12-8-14-15-10(12)2/h8-9,11,13H,3-7H2,1-2H3,(H,14,15). The molecular formula is C12H21N3. The van der Waals surface area contributed by atoms with Crippen LogP contribution in [0.1, 0.15) is 37.4 Å². The normalized spacial score (nSPS) is 18.0. The van der Waals surface area contributed by atoms with Gasteiger partial charge < -0.3 is 5.32 Å². The molecule has 0 aliphatic heterocycles. The van der Waals surface area contributed by atoms with Gasteiger partial charge in [0.15, 0.2) is 0 Å². The number of hydrogen-bond donors (Lipinski definition) is 2. The monoisotopic (exact) mass is 207 g/mol. The molecular weight excluding hydrogens is 186 g/mol. The summed E-state index contributed by atoms with van der Waals surface area (Å²) in [6.07, 6.45) is 7.13. The van der Waals surface area contributed by atoms with E-state index in [1.807, 2.05) is 6.20 Å². The third kappa shape index (κ3) is 3.06. The van der Waals surface area contributed by atoms with E-state index in [-0.39, 0.29) is 0 Å². The van der Waals surface area contributed by atoms with Crippen LogP contribution in [0.3, 0.4) is 0 Å². The van der Waals surface area contributed by atoms with Gasteiger partial charge >= 0.3 is 0 Å². The van der Waals surface area contributed by atoms with Crippen molar-refractivity contribution in [2.75, 3.05) is 6.54 Å². The second-order valence-corrected chi connectivity index (χ2v) is 4.70. The minimum atomic E-state index is 0.718. The Bertz CT molecular complexity index is 302. The van der Waals surface area contributed by atoms with E-state index in [1.54, 1.807) is 0 Å². The molecule has 1 atom stereocenters. The zero-order valence-corrected chi connectivity index (χ0v) is 9.71. The number of H-pyrrole nitrogens is 1. The van der Waals surface area contributed by atoms with Crippen molar-refractivity contribution in [3.05, 3.63) is 17.5 Å². The second kappa shape index (κ2) is 4.79. The molecule has 84 valence electrons. The second-order valence-electron chi connectivity index (χ2n) is 4.70. The van der Waals surface area contributed by atoms with Gasteiger partial charge in [0.1, 0.15) is 0 Å². The van der Waals surface area contributed by atoms with Crippen LogP contribution in [0.25, 0.3) is 0 Å². The molecule has 1 aromatic heterocycles. The van der Waals surface area contributed by atoms with E-state index in [0.717, 1.165) is 24.9 Å². The highest BCUT2D eigenvalue weighted by Gasteiger charge is 2.26. The zero-order chi connectivity index (χ0) is 10.7. The number of aryl methyl sites for hydroxylation is 2. The number of nitrogens with zero attached hydrogens (tertiary/aromatic N) is 1. The minimum absolute atomic E-state index is 0.718. The van der Waals surface area contributed by atoms with Crippen molar-refractivity contribution in [1.82, 2.24) is 15.5 Å². The van der Waals surface area contributed by atoms with Crippen molar-refractivity contribution in [2.45, 2.75) is 45.6 Å². The number of aromatic nitrogens is 2. The molecule has 3 nitrogen and oxygen atoms in total. The molecule has 1 fully saturated rings. The molecule has 0 bridgehead atoms. The minimum Gasteiger partial charge on any atom is -0.314 e. The summed E-state index contributed by atoms with van der Waals surface area (Å²) < 4.78 is 0. The van der Waals surface area contributed by atoms with E-state index in [0.29, 0.717) is 0 Å². The van der Waals surface area contributed by atoms with Gasteiger partial charge in [-0.05, 0) is 57.6 Å². The Balaban J connectivity index is 1.60. The molecule has 1 heterocycles. The summed E-state index contributed by atoms with van der Waals surface area (Å²) in [6, 6.07) is 0.718. The first kappa shape index (κ1) is 10.7. The molecule has 1 aromatic rings. The molecule has 0 radical (unpaired) electrons. The molecule has 1 saturated carbocycles. The molecule has 3 heteroatoms. The van der Waals surface area contributed by atoms with Gasteiger partial charge in [-0.1, -0.05) is 0 Å². The highest BCUT2D eigenvalue weighted by atomic mass is 15.1. The lowest BCUT2D eigenvalue weighted by Crippen LogP contribution is -2.28. The maximum absolute atomic E-state index is 4.03. The van der Waals surface area contributed by atoms with E-state index in [2.05, 4.69) is 29.4 Å². The van der Waals surface area contributed by atoms with Crippen molar-refractivity contribution < 1.29 is 0 Å². The van der Waals surface area contributed by atoms with Crippen molar-refractivity contribution in [3.8, 4) is 0 Å². The molecule has 0 amide bonds. The Hall–Kier alpha value is -0.830. The van der Waals surface area contributed by atoms with Gasteiger partial charge in [-0.25, -0.2) is 0 Å². The maximum atomic E-state index is 4.03. The molecule has 2 N–H and O–H groups in total. The molecule has 1 aliphatic rings. The maximum Gasteiger partial charge on any atom is 0.0522 e. The average Bonchev–Trinajstić information content (AvgIpc) is 2.99. The van der Waals surface area contributed by atoms with Crippen LogP contribution >= 0.6 is 0 Å². The van der Waals surface area contributed by atoms with E-state index in [1.165, 1.54) is 30.5 Å². The Labute approximate surface area is 91.7 Å². The fraction of sp³-hybridized carbons (Fsp3) is 0.750.